The number of aromatic nitrogens is 2. The van der Waals surface area contributed by atoms with E-state index in [4.69, 9.17) is 0 Å². The summed E-state index contributed by atoms with van der Waals surface area (Å²) in [5.41, 5.74) is 6.27. The molecular formula is C15H19BrN2. The third-order valence-corrected chi connectivity index (χ3v) is 3.77. The summed E-state index contributed by atoms with van der Waals surface area (Å²) in [6.07, 6.45) is 1.96. The van der Waals surface area contributed by atoms with Gasteiger partial charge in [0.15, 0.2) is 0 Å². The second kappa shape index (κ2) is 5.27. The van der Waals surface area contributed by atoms with Crippen LogP contribution in [0.5, 0.6) is 0 Å². The molecule has 2 aromatic rings. The van der Waals surface area contributed by atoms with Crippen LogP contribution in [0.15, 0.2) is 24.4 Å². The summed E-state index contributed by atoms with van der Waals surface area (Å²) in [6, 6.07) is 6.50. The number of rotatable bonds is 3. The fourth-order valence-electron chi connectivity index (χ4n) is 2.25. The number of hydrogen-bond acceptors (Lipinski definition) is 1. The van der Waals surface area contributed by atoms with Crippen molar-refractivity contribution >= 4 is 15.9 Å². The lowest BCUT2D eigenvalue weighted by molar-refractivity contribution is 0.727. The Balaban J connectivity index is 2.63. The van der Waals surface area contributed by atoms with Gasteiger partial charge in [-0.1, -0.05) is 41.9 Å². The van der Waals surface area contributed by atoms with Crippen LogP contribution in [0, 0.1) is 13.8 Å². The first kappa shape index (κ1) is 13.3. The van der Waals surface area contributed by atoms with Gasteiger partial charge in [-0.15, -0.1) is 0 Å². The maximum atomic E-state index is 4.57. The number of benzene rings is 1. The molecule has 3 heteroatoms. The minimum Gasteiger partial charge on any atom is -0.237 e. The van der Waals surface area contributed by atoms with Gasteiger partial charge in [0.1, 0.15) is 0 Å². The van der Waals surface area contributed by atoms with Gasteiger partial charge in [-0.05, 0) is 37.0 Å². The van der Waals surface area contributed by atoms with Crippen molar-refractivity contribution in [1.82, 2.24) is 9.78 Å². The molecule has 0 saturated carbocycles. The average molecular weight is 307 g/mol. The minimum absolute atomic E-state index is 0.458. The van der Waals surface area contributed by atoms with Crippen molar-refractivity contribution in [3.8, 4) is 5.69 Å². The molecule has 1 aromatic heterocycles. The zero-order valence-corrected chi connectivity index (χ0v) is 13.0. The topological polar surface area (TPSA) is 17.8 Å². The predicted molar refractivity (Wildman–Crippen MR) is 79.8 cm³/mol. The first-order valence-electron chi connectivity index (χ1n) is 6.25. The van der Waals surface area contributed by atoms with E-state index < -0.39 is 0 Å². The Morgan fingerprint density at radius 3 is 2.61 bits per heavy atom. The van der Waals surface area contributed by atoms with Crippen molar-refractivity contribution in [2.45, 2.75) is 38.9 Å². The van der Waals surface area contributed by atoms with Crippen LogP contribution in [0.1, 0.15) is 42.1 Å². The third kappa shape index (κ3) is 2.37. The molecule has 2 rings (SSSR count). The lowest BCUT2D eigenvalue weighted by Crippen LogP contribution is -2.07. The van der Waals surface area contributed by atoms with Gasteiger partial charge in [-0.3, -0.25) is 0 Å². The Kier molecular flexibility index (Phi) is 3.91. The quantitative estimate of drug-likeness (QED) is 0.763. The van der Waals surface area contributed by atoms with E-state index >= 15 is 0 Å². The average Bonchev–Trinajstić information content (AvgIpc) is 2.75. The zero-order valence-electron chi connectivity index (χ0n) is 11.4. The van der Waals surface area contributed by atoms with Crippen LogP contribution in [-0.4, -0.2) is 9.78 Å². The fourth-order valence-corrected chi connectivity index (χ4v) is 2.68. The van der Waals surface area contributed by atoms with Crippen molar-refractivity contribution in [2.24, 2.45) is 0 Å². The van der Waals surface area contributed by atoms with E-state index in [1.54, 1.807) is 0 Å². The number of aryl methyl sites for hydroxylation is 2. The molecule has 0 aliphatic carbocycles. The van der Waals surface area contributed by atoms with Crippen LogP contribution in [0.25, 0.3) is 5.69 Å². The zero-order chi connectivity index (χ0) is 13.3. The molecule has 0 atom stereocenters. The van der Waals surface area contributed by atoms with Gasteiger partial charge in [0.25, 0.3) is 0 Å². The van der Waals surface area contributed by atoms with Crippen LogP contribution in [0.3, 0.4) is 0 Å². The van der Waals surface area contributed by atoms with Crippen LogP contribution < -0.4 is 0 Å². The molecular weight excluding hydrogens is 288 g/mol. The SMILES string of the molecule is Cc1ccc(C)c(-n2ncc(CBr)c2C(C)C)c1. The molecule has 1 aromatic carbocycles. The van der Waals surface area contributed by atoms with E-state index in [2.05, 4.69) is 71.6 Å². The summed E-state index contributed by atoms with van der Waals surface area (Å²) in [6.45, 7) is 8.68. The lowest BCUT2D eigenvalue weighted by atomic mass is 10.1. The maximum Gasteiger partial charge on any atom is 0.0680 e. The maximum absolute atomic E-state index is 4.57. The minimum atomic E-state index is 0.458. The fraction of sp³-hybridized carbons (Fsp3) is 0.400. The Morgan fingerprint density at radius 1 is 1.28 bits per heavy atom. The molecule has 0 saturated heterocycles. The van der Waals surface area contributed by atoms with E-state index in [1.165, 1.54) is 28.1 Å². The smallest absolute Gasteiger partial charge is 0.0680 e. The van der Waals surface area contributed by atoms with E-state index in [9.17, 15) is 0 Å². The summed E-state index contributed by atoms with van der Waals surface area (Å²) < 4.78 is 2.09. The molecule has 18 heavy (non-hydrogen) atoms. The van der Waals surface area contributed by atoms with E-state index in [0.717, 1.165) is 5.33 Å². The highest BCUT2D eigenvalue weighted by Crippen LogP contribution is 2.26. The molecule has 2 nitrogen and oxygen atoms in total. The number of hydrogen-bond donors (Lipinski definition) is 0. The van der Waals surface area contributed by atoms with Gasteiger partial charge in [0.05, 0.1) is 17.6 Å². The highest BCUT2D eigenvalue weighted by atomic mass is 79.9. The van der Waals surface area contributed by atoms with Gasteiger partial charge in [0, 0.05) is 10.9 Å². The van der Waals surface area contributed by atoms with Crippen LogP contribution in [-0.2, 0) is 5.33 Å². The van der Waals surface area contributed by atoms with Crippen LogP contribution in [0.4, 0.5) is 0 Å². The number of nitrogens with zero attached hydrogens (tertiary/aromatic N) is 2. The van der Waals surface area contributed by atoms with Crippen LogP contribution in [0.2, 0.25) is 0 Å². The monoisotopic (exact) mass is 306 g/mol. The highest BCUT2D eigenvalue weighted by molar-refractivity contribution is 9.08. The van der Waals surface area contributed by atoms with Crippen LogP contribution >= 0.6 is 15.9 Å². The molecule has 0 bridgehead atoms. The number of alkyl halides is 1. The standard InChI is InChI=1S/C15H19BrN2/c1-10(2)15-13(8-16)9-17-18(15)14-7-11(3)5-6-12(14)4/h5-7,9-10H,8H2,1-4H3. The van der Waals surface area contributed by atoms with E-state index in [0.29, 0.717) is 5.92 Å². The van der Waals surface area contributed by atoms with Crippen molar-refractivity contribution in [1.29, 1.82) is 0 Å². The molecule has 96 valence electrons. The Morgan fingerprint density at radius 2 is 2.00 bits per heavy atom. The molecule has 0 fully saturated rings. The molecule has 0 unspecified atom stereocenters. The molecule has 0 spiro atoms. The summed E-state index contributed by atoms with van der Waals surface area (Å²) in [7, 11) is 0. The van der Waals surface area contributed by atoms with Crippen molar-refractivity contribution in [3.63, 3.8) is 0 Å². The van der Waals surface area contributed by atoms with Gasteiger partial charge >= 0.3 is 0 Å². The number of halogens is 1. The summed E-state index contributed by atoms with van der Waals surface area (Å²) >= 11 is 3.54. The second-order valence-electron chi connectivity index (χ2n) is 5.05. The third-order valence-electron chi connectivity index (χ3n) is 3.17. The van der Waals surface area contributed by atoms with E-state index in [-0.39, 0.29) is 0 Å². The van der Waals surface area contributed by atoms with Crippen molar-refractivity contribution in [2.75, 3.05) is 0 Å². The first-order chi connectivity index (χ1) is 8.54. The molecule has 0 radical (unpaired) electrons. The van der Waals surface area contributed by atoms with Gasteiger partial charge in [-0.2, -0.15) is 5.10 Å². The predicted octanol–water partition coefficient (Wildman–Crippen LogP) is 4.51. The molecule has 0 amide bonds. The summed E-state index contributed by atoms with van der Waals surface area (Å²) in [4.78, 5) is 0. The summed E-state index contributed by atoms with van der Waals surface area (Å²) in [5, 5.41) is 5.42. The van der Waals surface area contributed by atoms with Crippen molar-refractivity contribution in [3.05, 3.63) is 46.8 Å². The highest BCUT2D eigenvalue weighted by Gasteiger charge is 2.15. The Hall–Kier alpha value is -1.09. The van der Waals surface area contributed by atoms with Crippen molar-refractivity contribution < 1.29 is 0 Å². The Bertz CT molecular complexity index is 556. The molecule has 0 aliphatic rings. The van der Waals surface area contributed by atoms with Gasteiger partial charge < -0.3 is 0 Å². The molecule has 0 aliphatic heterocycles. The first-order valence-corrected chi connectivity index (χ1v) is 7.37. The van der Waals surface area contributed by atoms with Gasteiger partial charge in [-0.25, -0.2) is 4.68 Å². The Labute approximate surface area is 117 Å². The normalized spacial score (nSPS) is 11.2. The molecule has 1 heterocycles. The summed E-state index contributed by atoms with van der Waals surface area (Å²) in [5.74, 6) is 0.458. The van der Waals surface area contributed by atoms with E-state index in [1.807, 2.05) is 6.20 Å². The largest absolute Gasteiger partial charge is 0.237 e. The van der Waals surface area contributed by atoms with Gasteiger partial charge in [0.2, 0.25) is 0 Å². The second-order valence-corrected chi connectivity index (χ2v) is 5.61. The molecule has 0 N–H and O–H groups in total. The lowest BCUT2D eigenvalue weighted by Gasteiger charge is -2.14.